The Morgan fingerprint density at radius 2 is 1.46 bits per heavy atom. The molecule has 7 heteroatoms. The van der Waals surface area contributed by atoms with Gasteiger partial charge < -0.3 is 25.2 Å². The highest BCUT2D eigenvalue weighted by atomic mass is 16.6. The van der Waals surface area contributed by atoms with Gasteiger partial charge in [-0.15, -0.1) is 11.8 Å². The van der Waals surface area contributed by atoms with Gasteiger partial charge in [0.2, 0.25) is 0 Å². The Kier molecular flexibility index (Phi) is 16.6. The minimum Gasteiger partial charge on any atom is -0.444 e. The summed E-state index contributed by atoms with van der Waals surface area (Å²) in [5.41, 5.74) is -1.33. The molecule has 2 amide bonds. The third-order valence-corrected chi connectivity index (χ3v) is 4.50. The van der Waals surface area contributed by atoms with Gasteiger partial charge in [0.1, 0.15) is 11.2 Å². The first kappa shape index (κ1) is 32.5. The molecule has 0 heterocycles. The van der Waals surface area contributed by atoms with E-state index >= 15 is 0 Å². The summed E-state index contributed by atoms with van der Waals surface area (Å²) in [6.45, 7) is 12.7. The van der Waals surface area contributed by atoms with Gasteiger partial charge in [0, 0.05) is 19.4 Å². The summed E-state index contributed by atoms with van der Waals surface area (Å²) in [6.07, 6.45) is 13.8. The quantitative estimate of drug-likeness (QED) is 0.166. The van der Waals surface area contributed by atoms with Gasteiger partial charge in [-0.2, -0.15) is 0 Å². The van der Waals surface area contributed by atoms with E-state index in [1.807, 2.05) is 0 Å². The average molecular weight is 493 g/mol. The molecule has 0 radical (unpaired) electrons. The van der Waals surface area contributed by atoms with Gasteiger partial charge in [0.05, 0.1) is 12.1 Å². The molecule has 3 N–H and O–H groups in total. The second-order valence-electron chi connectivity index (χ2n) is 10.5. The van der Waals surface area contributed by atoms with E-state index in [-0.39, 0.29) is 13.0 Å². The molecule has 0 rings (SSSR count). The summed E-state index contributed by atoms with van der Waals surface area (Å²) in [5, 5.41) is 15.8. The van der Waals surface area contributed by atoms with Gasteiger partial charge in [-0.25, -0.2) is 9.59 Å². The first-order valence-corrected chi connectivity index (χ1v) is 12.8. The second kappa shape index (κ2) is 17.9. The molecule has 0 spiro atoms. The van der Waals surface area contributed by atoms with Crippen molar-refractivity contribution in [2.45, 2.75) is 123 Å². The Hall–Kier alpha value is -2.46. The number of aliphatic hydroxyl groups is 1. The predicted octanol–water partition coefficient (Wildman–Crippen LogP) is 6.02. The zero-order chi connectivity index (χ0) is 26.7. The molecule has 35 heavy (non-hydrogen) atoms. The molecule has 0 saturated carbocycles. The SMILES string of the molecule is CCCC/C=C/C=C/CCCCC#CC[C@H](O)[C@H](CNC(=O)OC(C)(C)C)NC(=O)OC(C)(C)C. The van der Waals surface area contributed by atoms with Crippen molar-refractivity contribution >= 4 is 12.2 Å². The highest BCUT2D eigenvalue weighted by Crippen LogP contribution is 2.09. The molecule has 200 valence electrons. The van der Waals surface area contributed by atoms with E-state index in [4.69, 9.17) is 9.47 Å². The lowest BCUT2D eigenvalue weighted by molar-refractivity contribution is 0.0385. The second-order valence-corrected chi connectivity index (χ2v) is 10.5. The van der Waals surface area contributed by atoms with Crippen LogP contribution in [0.15, 0.2) is 24.3 Å². The van der Waals surface area contributed by atoms with E-state index in [9.17, 15) is 14.7 Å². The molecule has 0 aliphatic heterocycles. The van der Waals surface area contributed by atoms with E-state index in [1.54, 1.807) is 41.5 Å². The van der Waals surface area contributed by atoms with Crippen LogP contribution in [-0.4, -0.2) is 47.2 Å². The first-order chi connectivity index (χ1) is 16.3. The molecule has 0 fully saturated rings. The van der Waals surface area contributed by atoms with Crippen molar-refractivity contribution in [1.82, 2.24) is 10.6 Å². The number of amides is 2. The van der Waals surface area contributed by atoms with Crippen LogP contribution in [0.2, 0.25) is 0 Å². The van der Waals surface area contributed by atoms with E-state index < -0.39 is 35.5 Å². The molecular formula is C28H48N2O5. The molecule has 0 bridgehead atoms. The third-order valence-electron chi connectivity index (χ3n) is 4.50. The van der Waals surface area contributed by atoms with Crippen LogP contribution >= 0.6 is 0 Å². The van der Waals surface area contributed by atoms with Crippen LogP contribution in [-0.2, 0) is 9.47 Å². The Bertz CT molecular complexity index is 720. The zero-order valence-corrected chi connectivity index (χ0v) is 22.9. The van der Waals surface area contributed by atoms with Crippen LogP contribution in [0.4, 0.5) is 9.59 Å². The van der Waals surface area contributed by atoms with E-state index in [0.717, 1.165) is 32.1 Å². The molecule has 0 unspecified atom stereocenters. The molecule has 0 aliphatic carbocycles. The molecule has 2 atom stereocenters. The smallest absolute Gasteiger partial charge is 0.408 e. The molecule has 0 aromatic rings. The van der Waals surface area contributed by atoms with Crippen LogP contribution in [0, 0.1) is 11.8 Å². The van der Waals surface area contributed by atoms with Crippen LogP contribution in [0.3, 0.4) is 0 Å². The molecule has 0 aliphatic rings. The summed E-state index contributed by atoms with van der Waals surface area (Å²) in [7, 11) is 0. The highest BCUT2D eigenvalue weighted by Gasteiger charge is 2.25. The van der Waals surface area contributed by atoms with Gasteiger partial charge in [0.25, 0.3) is 0 Å². The normalized spacial score (nSPS) is 13.7. The predicted molar refractivity (Wildman–Crippen MR) is 142 cm³/mol. The van der Waals surface area contributed by atoms with E-state index in [1.165, 1.54) is 12.8 Å². The standard InChI is InChI=1S/C28H48N2O5/c1-8-9-10-11-12-13-14-15-16-17-18-19-20-21-24(31)23(30-26(33)35-28(5,6)7)22-29-25(32)34-27(2,3)4/h11-14,23-24,31H,8-10,15-18,21-22H2,1-7H3,(H,29,32)(H,30,33)/b12-11+,14-13+/t23-,24-/m0/s1. The number of hydrogen-bond donors (Lipinski definition) is 3. The summed E-state index contributed by atoms with van der Waals surface area (Å²) in [6, 6.07) is -0.776. The molecule has 0 aromatic heterocycles. The van der Waals surface area contributed by atoms with Crippen LogP contribution in [0.5, 0.6) is 0 Å². The van der Waals surface area contributed by atoms with E-state index in [2.05, 4.69) is 53.7 Å². The monoisotopic (exact) mass is 492 g/mol. The van der Waals surface area contributed by atoms with Crippen molar-refractivity contribution in [3.05, 3.63) is 24.3 Å². The summed E-state index contributed by atoms with van der Waals surface area (Å²) >= 11 is 0. The Morgan fingerprint density at radius 1 is 0.886 bits per heavy atom. The Labute approximate surface area is 213 Å². The fraction of sp³-hybridized carbons (Fsp3) is 0.714. The van der Waals surface area contributed by atoms with Crippen LogP contribution in [0.25, 0.3) is 0 Å². The molecule has 0 aromatic carbocycles. The van der Waals surface area contributed by atoms with Crippen molar-refractivity contribution in [3.63, 3.8) is 0 Å². The number of aliphatic hydroxyl groups excluding tert-OH is 1. The number of alkyl carbamates (subject to hydrolysis) is 2. The maximum absolute atomic E-state index is 12.2. The van der Waals surface area contributed by atoms with Crippen molar-refractivity contribution in [2.75, 3.05) is 6.54 Å². The van der Waals surface area contributed by atoms with Crippen molar-refractivity contribution in [3.8, 4) is 11.8 Å². The van der Waals surface area contributed by atoms with Gasteiger partial charge >= 0.3 is 12.2 Å². The number of nitrogens with one attached hydrogen (secondary N) is 2. The lowest BCUT2D eigenvalue weighted by atomic mass is 10.1. The maximum atomic E-state index is 12.2. The number of ether oxygens (including phenoxy) is 2. The Morgan fingerprint density at radius 3 is 2.03 bits per heavy atom. The lowest BCUT2D eigenvalue weighted by Gasteiger charge is -2.27. The molecule has 7 nitrogen and oxygen atoms in total. The average Bonchev–Trinajstić information content (AvgIpc) is 2.71. The fourth-order valence-corrected chi connectivity index (χ4v) is 2.80. The third kappa shape index (κ3) is 21.8. The van der Waals surface area contributed by atoms with Crippen LogP contribution < -0.4 is 10.6 Å². The number of rotatable bonds is 13. The highest BCUT2D eigenvalue weighted by molar-refractivity contribution is 5.69. The van der Waals surface area contributed by atoms with Gasteiger partial charge in [0.15, 0.2) is 0 Å². The van der Waals surface area contributed by atoms with Crippen molar-refractivity contribution in [2.24, 2.45) is 0 Å². The number of unbranched alkanes of at least 4 members (excludes halogenated alkanes) is 5. The molecular weight excluding hydrogens is 444 g/mol. The molecule has 0 saturated heterocycles. The summed E-state index contributed by atoms with van der Waals surface area (Å²) in [4.78, 5) is 24.2. The number of carbonyl (C=O) groups is 2. The minimum absolute atomic E-state index is 0.0176. The van der Waals surface area contributed by atoms with Crippen LogP contribution in [0.1, 0.15) is 99.8 Å². The summed E-state index contributed by atoms with van der Waals surface area (Å²) in [5.74, 6) is 6.06. The zero-order valence-electron chi connectivity index (χ0n) is 22.9. The number of carbonyl (C=O) groups excluding carboxylic acids is 2. The van der Waals surface area contributed by atoms with Gasteiger partial charge in [-0.3, -0.25) is 0 Å². The fourth-order valence-electron chi connectivity index (χ4n) is 2.80. The van der Waals surface area contributed by atoms with Crippen molar-refractivity contribution < 1.29 is 24.2 Å². The van der Waals surface area contributed by atoms with E-state index in [0.29, 0.717) is 0 Å². The largest absolute Gasteiger partial charge is 0.444 e. The number of allylic oxidation sites excluding steroid dienone is 4. The Balaban J connectivity index is 4.57. The maximum Gasteiger partial charge on any atom is 0.408 e. The number of hydrogen-bond acceptors (Lipinski definition) is 5. The van der Waals surface area contributed by atoms with Gasteiger partial charge in [-0.05, 0) is 67.2 Å². The topological polar surface area (TPSA) is 96.9 Å². The van der Waals surface area contributed by atoms with Crippen molar-refractivity contribution in [1.29, 1.82) is 0 Å². The summed E-state index contributed by atoms with van der Waals surface area (Å²) < 4.78 is 10.5. The van der Waals surface area contributed by atoms with Gasteiger partial charge in [-0.1, -0.05) is 44.1 Å². The lowest BCUT2D eigenvalue weighted by Crippen LogP contribution is -2.51. The minimum atomic E-state index is -0.979. The first-order valence-electron chi connectivity index (χ1n) is 12.8.